The maximum absolute atomic E-state index is 13.1. The number of hydrogen-bond acceptors (Lipinski definition) is 1. The standard InChI is InChI=1S/C14H10ClFN2/c15-13-3-1-2-11-4-5-18(14(11)13)9-10-6-12(16)8-17-7-10/h1-8H,9H2. The summed E-state index contributed by atoms with van der Waals surface area (Å²) in [6, 6.07) is 9.24. The topological polar surface area (TPSA) is 17.8 Å². The zero-order valence-electron chi connectivity index (χ0n) is 9.48. The molecule has 0 spiro atoms. The summed E-state index contributed by atoms with van der Waals surface area (Å²) >= 11 is 6.19. The lowest BCUT2D eigenvalue weighted by molar-refractivity contribution is 0.617. The molecule has 1 aromatic carbocycles. The van der Waals surface area contributed by atoms with E-state index in [4.69, 9.17) is 11.6 Å². The van der Waals surface area contributed by atoms with E-state index in [1.165, 1.54) is 12.3 Å². The van der Waals surface area contributed by atoms with E-state index in [0.29, 0.717) is 11.6 Å². The lowest BCUT2D eigenvalue weighted by atomic mass is 10.2. The number of fused-ring (bicyclic) bond motifs is 1. The van der Waals surface area contributed by atoms with E-state index in [1.807, 2.05) is 35.0 Å². The molecule has 0 bridgehead atoms. The van der Waals surface area contributed by atoms with Crippen LogP contribution in [0.2, 0.25) is 5.02 Å². The Kier molecular flexibility index (Phi) is 2.76. The number of rotatable bonds is 2. The number of para-hydroxylation sites is 1. The van der Waals surface area contributed by atoms with Crippen LogP contribution >= 0.6 is 11.6 Å². The van der Waals surface area contributed by atoms with Gasteiger partial charge in [-0.3, -0.25) is 4.98 Å². The number of pyridine rings is 1. The van der Waals surface area contributed by atoms with Crippen LogP contribution in [0.1, 0.15) is 5.56 Å². The summed E-state index contributed by atoms with van der Waals surface area (Å²) in [5.41, 5.74) is 1.77. The Morgan fingerprint density at radius 3 is 2.94 bits per heavy atom. The first-order valence-corrected chi connectivity index (χ1v) is 5.94. The summed E-state index contributed by atoms with van der Waals surface area (Å²) in [7, 11) is 0. The van der Waals surface area contributed by atoms with Gasteiger partial charge in [-0.15, -0.1) is 0 Å². The monoisotopic (exact) mass is 260 g/mol. The van der Waals surface area contributed by atoms with Crippen molar-refractivity contribution in [2.75, 3.05) is 0 Å². The molecule has 2 nitrogen and oxygen atoms in total. The molecule has 0 radical (unpaired) electrons. The molecule has 3 aromatic rings. The number of benzene rings is 1. The lowest BCUT2D eigenvalue weighted by Crippen LogP contribution is -1.99. The van der Waals surface area contributed by atoms with Crippen LogP contribution < -0.4 is 0 Å². The van der Waals surface area contributed by atoms with Crippen LogP contribution in [0, 0.1) is 5.82 Å². The van der Waals surface area contributed by atoms with Gasteiger partial charge >= 0.3 is 0 Å². The van der Waals surface area contributed by atoms with Crippen LogP contribution in [-0.4, -0.2) is 9.55 Å². The smallest absolute Gasteiger partial charge is 0.141 e. The average molecular weight is 261 g/mol. The van der Waals surface area contributed by atoms with E-state index in [1.54, 1.807) is 6.20 Å². The minimum absolute atomic E-state index is 0.324. The summed E-state index contributed by atoms with van der Waals surface area (Å²) < 4.78 is 15.1. The second kappa shape index (κ2) is 4.42. The van der Waals surface area contributed by atoms with E-state index in [9.17, 15) is 4.39 Å². The predicted molar refractivity (Wildman–Crippen MR) is 70.2 cm³/mol. The number of hydrogen-bond donors (Lipinski definition) is 0. The minimum atomic E-state index is -0.324. The second-order valence-corrected chi connectivity index (χ2v) is 4.54. The van der Waals surface area contributed by atoms with E-state index in [-0.39, 0.29) is 5.82 Å². The fourth-order valence-electron chi connectivity index (χ4n) is 2.09. The third-order valence-electron chi connectivity index (χ3n) is 2.85. The first kappa shape index (κ1) is 11.2. The predicted octanol–water partition coefficient (Wildman–Crippen LogP) is 3.88. The summed E-state index contributed by atoms with van der Waals surface area (Å²) in [4.78, 5) is 3.85. The quantitative estimate of drug-likeness (QED) is 0.684. The normalized spacial score (nSPS) is 11.0. The van der Waals surface area contributed by atoms with Gasteiger partial charge in [0.1, 0.15) is 5.82 Å². The largest absolute Gasteiger partial charge is 0.342 e. The maximum atomic E-state index is 13.1. The Bertz CT molecular complexity index is 706. The molecule has 2 aromatic heterocycles. The average Bonchev–Trinajstić information content (AvgIpc) is 2.74. The number of halogens is 2. The maximum Gasteiger partial charge on any atom is 0.141 e. The highest BCUT2D eigenvalue weighted by Gasteiger charge is 2.06. The van der Waals surface area contributed by atoms with Crippen molar-refractivity contribution in [2.24, 2.45) is 0 Å². The van der Waals surface area contributed by atoms with Crippen LogP contribution in [0.15, 0.2) is 48.9 Å². The Balaban J connectivity index is 2.05. The molecule has 0 aliphatic heterocycles. The van der Waals surface area contributed by atoms with Crippen LogP contribution in [-0.2, 0) is 6.54 Å². The van der Waals surface area contributed by atoms with Gasteiger partial charge in [0.25, 0.3) is 0 Å². The third-order valence-corrected chi connectivity index (χ3v) is 3.16. The third kappa shape index (κ3) is 1.97. The molecule has 2 heterocycles. The number of nitrogens with zero attached hydrogens (tertiary/aromatic N) is 2. The highest BCUT2D eigenvalue weighted by Crippen LogP contribution is 2.25. The van der Waals surface area contributed by atoms with Crippen molar-refractivity contribution in [2.45, 2.75) is 6.54 Å². The molecule has 0 unspecified atom stereocenters. The molecule has 0 saturated heterocycles. The second-order valence-electron chi connectivity index (χ2n) is 4.13. The number of aromatic nitrogens is 2. The first-order valence-electron chi connectivity index (χ1n) is 5.57. The van der Waals surface area contributed by atoms with Crippen LogP contribution in [0.5, 0.6) is 0 Å². The van der Waals surface area contributed by atoms with Gasteiger partial charge in [-0.25, -0.2) is 4.39 Å². The SMILES string of the molecule is Fc1cncc(Cn2ccc3cccc(Cl)c32)c1. The fourth-order valence-corrected chi connectivity index (χ4v) is 2.38. The van der Waals surface area contributed by atoms with Gasteiger partial charge in [0.15, 0.2) is 0 Å². The Labute approximate surface area is 109 Å². The zero-order valence-corrected chi connectivity index (χ0v) is 10.2. The van der Waals surface area contributed by atoms with Gasteiger partial charge in [0, 0.05) is 24.3 Å². The molecule has 0 aliphatic rings. The summed E-state index contributed by atoms with van der Waals surface area (Å²) in [5.74, 6) is -0.324. The lowest BCUT2D eigenvalue weighted by Gasteiger charge is -2.06. The molecule has 90 valence electrons. The van der Waals surface area contributed by atoms with Crippen molar-refractivity contribution < 1.29 is 4.39 Å². The van der Waals surface area contributed by atoms with E-state index in [2.05, 4.69) is 4.98 Å². The van der Waals surface area contributed by atoms with Crippen molar-refractivity contribution in [1.82, 2.24) is 9.55 Å². The van der Waals surface area contributed by atoms with Crippen molar-refractivity contribution in [3.63, 3.8) is 0 Å². The van der Waals surface area contributed by atoms with Crippen LogP contribution in [0.3, 0.4) is 0 Å². The van der Waals surface area contributed by atoms with Crippen LogP contribution in [0.25, 0.3) is 10.9 Å². The van der Waals surface area contributed by atoms with E-state index >= 15 is 0 Å². The Morgan fingerprint density at radius 2 is 2.11 bits per heavy atom. The van der Waals surface area contributed by atoms with Crippen molar-refractivity contribution in [1.29, 1.82) is 0 Å². The molecule has 18 heavy (non-hydrogen) atoms. The van der Waals surface area contributed by atoms with Gasteiger partial charge < -0.3 is 4.57 Å². The molecule has 0 atom stereocenters. The fraction of sp³-hybridized carbons (Fsp3) is 0.0714. The Morgan fingerprint density at radius 1 is 1.22 bits per heavy atom. The zero-order chi connectivity index (χ0) is 12.5. The molecule has 4 heteroatoms. The van der Waals surface area contributed by atoms with Gasteiger partial charge in [0.2, 0.25) is 0 Å². The van der Waals surface area contributed by atoms with Gasteiger partial charge in [0.05, 0.1) is 16.7 Å². The highest BCUT2D eigenvalue weighted by molar-refractivity contribution is 6.35. The summed E-state index contributed by atoms with van der Waals surface area (Å²) in [6.45, 7) is 0.554. The first-order chi connectivity index (χ1) is 8.74. The van der Waals surface area contributed by atoms with E-state index < -0.39 is 0 Å². The minimum Gasteiger partial charge on any atom is -0.342 e. The molecule has 0 amide bonds. The molecular formula is C14H10ClFN2. The Hall–Kier alpha value is -1.87. The summed E-state index contributed by atoms with van der Waals surface area (Å²) in [6.07, 6.45) is 4.80. The van der Waals surface area contributed by atoms with Crippen LogP contribution in [0.4, 0.5) is 4.39 Å². The molecule has 3 rings (SSSR count). The van der Waals surface area contributed by atoms with Crippen molar-refractivity contribution in [3.05, 3.63) is 65.3 Å². The van der Waals surface area contributed by atoms with Gasteiger partial charge in [-0.05, 0) is 23.8 Å². The molecule has 0 aliphatic carbocycles. The van der Waals surface area contributed by atoms with Gasteiger partial charge in [-0.1, -0.05) is 23.7 Å². The van der Waals surface area contributed by atoms with Crippen molar-refractivity contribution >= 4 is 22.5 Å². The molecular weight excluding hydrogens is 251 g/mol. The van der Waals surface area contributed by atoms with Crippen molar-refractivity contribution in [3.8, 4) is 0 Å². The van der Waals surface area contributed by atoms with E-state index in [0.717, 1.165) is 16.5 Å². The molecule has 0 fully saturated rings. The van der Waals surface area contributed by atoms with Gasteiger partial charge in [-0.2, -0.15) is 0 Å². The molecule has 0 N–H and O–H groups in total. The molecule has 0 saturated carbocycles. The highest BCUT2D eigenvalue weighted by atomic mass is 35.5. The summed E-state index contributed by atoms with van der Waals surface area (Å²) in [5, 5.41) is 1.77.